The van der Waals surface area contributed by atoms with Gasteiger partial charge in [-0.1, -0.05) is 30.3 Å². The second-order valence-electron chi connectivity index (χ2n) is 7.95. The summed E-state index contributed by atoms with van der Waals surface area (Å²) in [6, 6.07) is 14.9. The van der Waals surface area contributed by atoms with Gasteiger partial charge < -0.3 is 20.1 Å². The molecule has 3 heterocycles. The predicted molar refractivity (Wildman–Crippen MR) is 122 cm³/mol. The minimum atomic E-state index is -0.621. The van der Waals surface area contributed by atoms with Crippen LogP contribution in [0.4, 0.5) is 0 Å². The molecule has 4 N–H and O–H groups in total. The van der Waals surface area contributed by atoms with Crippen molar-refractivity contribution in [1.82, 2.24) is 19.9 Å². The summed E-state index contributed by atoms with van der Waals surface area (Å²) in [5.74, 6) is 0.445. The maximum absolute atomic E-state index is 12.8. The molecule has 0 fully saturated rings. The topological polar surface area (TPSA) is 112 Å². The average molecular weight is 432 g/mol. The van der Waals surface area contributed by atoms with Gasteiger partial charge in [-0.25, -0.2) is 4.79 Å². The number of aromatic nitrogens is 3. The third-order valence-electron chi connectivity index (χ3n) is 6.12. The number of nitrogens with zero attached hydrogens (tertiary/aromatic N) is 1. The molecule has 2 aromatic carbocycles. The normalized spacial score (nSPS) is 15.6. The zero-order valence-corrected chi connectivity index (χ0v) is 17.6. The van der Waals surface area contributed by atoms with E-state index in [1.165, 1.54) is 4.57 Å². The molecule has 164 valence electrons. The summed E-state index contributed by atoms with van der Waals surface area (Å²) in [4.78, 5) is 31.1. The van der Waals surface area contributed by atoms with Gasteiger partial charge in [-0.05, 0) is 42.2 Å². The fourth-order valence-corrected chi connectivity index (χ4v) is 4.51. The smallest absolute Gasteiger partial charge is 0.331 e. The van der Waals surface area contributed by atoms with Gasteiger partial charge in [0, 0.05) is 29.7 Å². The number of hydrogen-bond acceptors (Lipinski definition) is 5. The molecule has 1 aliphatic heterocycles. The quantitative estimate of drug-likeness (QED) is 0.386. The molecular weight excluding hydrogens is 408 g/mol. The van der Waals surface area contributed by atoms with E-state index < -0.39 is 17.3 Å². The lowest BCUT2D eigenvalue weighted by Gasteiger charge is -2.25. The number of ether oxygens (including phenoxy) is 1. The lowest BCUT2D eigenvalue weighted by atomic mass is 9.95. The van der Waals surface area contributed by atoms with E-state index in [0.29, 0.717) is 13.0 Å². The van der Waals surface area contributed by atoms with Crippen LogP contribution in [0.15, 0.2) is 58.1 Å². The van der Waals surface area contributed by atoms with Crippen LogP contribution in [0.5, 0.6) is 11.6 Å². The van der Waals surface area contributed by atoms with Gasteiger partial charge in [0.05, 0.1) is 13.2 Å². The number of benzene rings is 2. The summed E-state index contributed by atoms with van der Waals surface area (Å²) >= 11 is 0. The van der Waals surface area contributed by atoms with Gasteiger partial charge in [0.25, 0.3) is 5.56 Å². The molecule has 2 aromatic heterocycles. The summed E-state index contributed by atoms with van der Waals surface area (Å²) in [6.07, 6.45) is 1.32. The number of hydrogen-bond donors (Lipinski definition) is 4. The zero-order valence-electron chi connectivity index (χ0n) is 17.6. The molecule has 0 saturated heterocycles. The molecule has 32 heavy (non-hydrogen) atoms. The first-order valence-electron chi connectivity index (χ1n) is 10.6. The average Bonchev–Trinajstić information content (AvgIpc) is 3.18. The third kappa shape index (κ3) is 3.38. The highest BCUT2D eigenvalue weighted by atomic mass is 16.5. The maximum Gasteiger partial charge on any atom is 0.331 e. The van der Waals surface area contributed by atoms with Crippen LogP contribution in [0.25, 0.3) is 10.9 Å². The van der Waals surface area contributed by atoms with E-state index in [0.717, 1.165) is 39.9 Å². The van der Waals surface area contributed by atoms with Crippen LogP contribution >= 0.6 is 0 Å². The lowest BCUT2D eigenvalue weighted by molar-refractivity contribution is 0.382. The molecule has 1 unspecified atom stereocenters. The van der Waals surface area contributed by atoms with Crippen LogP contribution in [0.2, 0.25) is 0 Å². The van der Waals surface area contributed by atoms with Crippen molar-refractivity contribution >= 4 is 10.9 Å². The Morgan fingerprint density at radius 2 is 1.94 bits per heavy atom. The first-order valence-corrected chi connectivity index (χ1v) is 10.6. The Balaban J connectivity index is 1.58. The number of rotatable bonds is 5. The van der Waals surface area contributed by atoms with Crippen molar-refractivity contribution in [3.05, 3.63) is 91.8 Å². The number of methoxy groups -OCH3 is 1. The van der Waals surface area contributed by atoms with Crippen molar-refractivity contribution in [3.63, 3.8) is 0 Å². The van der Waals surface area contributed by atoms with Crippen LogP contribution in [-0.4, -0.2) is 33.3 Å². The number of aryl methyl sites for hydroxylation is 1. The first kappa shape index (κ1) is 20.1. The van der Waals surface area contributed by atoms with Gasteiger partial charge in [-0.3, -0.25) is 14.3 Å². The minimum absolute atomic E-state index is 0.136. The Bertz CT molecular complexity index is 1400. The van der Waals surface area contributed by atoms with E-state index in [2.05, 4.69) is 15.3 Å². The highest BCUT2D eigenvalue weighted by Crippen LogP contribution is 2.36. The molecule has 4 aromatic rings. The molecule has 8 heteroatoms. The monoisotopic (exact) mass is 432 g/mol. The van der Waals surface area contributed by atoms with Gasteiger partial charge in [0.15, 0.2) is 0 Å². The second-order valence-corrected chi connectivity index (χ2v) is 7.95. The van der Waals surface area contributed by atoms with E-state index >= 15 is 0 Å². The molecule has 8 nitrogen and oxygen atoms in total. The highest BCUT2D eigenvalue weighted by Gasteiger charge is 2.31. The molecule has 0 radical (unpaired) electrons. The van der Waals surface area contributed by atoms with Gasteiger partial charge in [-0.15, -0.1) is 0 Å². The van der Waals surface area contributed by atoms with E-state index in [1.54, 1.807) is 7.11 Å². The Morgan fingerprint density at radius 1 is 1.12 bits per heavy atom. The number of aromatic hydroxyl groups is 1. The van der Waals surface area contributed by atoms with E-state index in [9.17, 15) is 14.7 Å². The summed E-state index contributed by atoms with van der Waals surface area (Å²) in [6.45, 7) is 0.881. The molecule has 0 bridgehead atoms. The molecule has 0 saturated carbocycles. The minimum Gasteiger partial charge on any atom is -0.497 e. The molecule has 0 spiro atoms. The van der Waals surface area contributed by atoms with Gasteiger partial charge in [0.1, 0.15) is 11.3 Å². The van der Waals surface area contributed by atoms with Crippen LogP contribution < -0.4 is 21.3 Å². The van der Waals surface area contributed by atoms with Crippen LogP contribution in [0, 0.1) is 0 Å². The molecule has 0 amide bonds. The summed E-state index contributed by atoms with van der Waals surface area (Å²) in [5, 5.41) is 15.4. The Labute approximate surface area is 183 Å². The van der Waals surface area contributed by atoms with Crippen LogP contribution in [-0.2, 0) is 19.4 Å². The van der Waals surface area contributed by atoms with Crippen molar-refractivity contribution in [1.29, 1.82) is 0 Å². The van der Waals surface area contributed by atoms with E-state index in [1.807, 2.05) is 48.5 Å². The van der Waals surface area contributed by atoms with Crippen LogP contribution in [0.1, 0.15) is 28.4 Å². The summed E-state index contributed by atoms with van der Waals surface area (Å²) in [7, 11) is 1.63. The van der Waals surface area contributed by atoms with Gasteiger partial charge >= 0.3 is 5.69 Å². The Kier molecular flexibility index (Phi) is 5.07. The summed E-state index contributed by atoms with van der Waals surface area (Å²) in [5.41, 5.74) is 2.77. The predicted octanol–water partition coefficient (Wildman–Crippen LogP) is 2.21. The number of H-pyrrole nitrogens is 2. The van der Waals surface area contributed by atoms with E-state index in [4.69, 9.17) is 4.74 Å². The zero-order chi connectivity index (χ0) is 22.2. The van der Waals surface area contributed by atoms with Crippen LogP contribution in [0.3, 0.4) is 0 Å². The Hall–Kier alpha value is -3.78. The maximum atomic E-state index is 12.8. The molecule has 0 aliphatic carbocycles. The SMILES string of the molecule is COc1ccc2[nH]c3c(c2c1)CCNC3c1c(O)n(CCc2ccccc2)c(=O)[nH]c1=O. The highest BCUT2D eigenvalue weighted by molar-refractivity contribution is 5.86. The summed E-state index contributed by atoms with van der Waals surface area (Å²) < 4.78 is 6.59. The fraction of sp³-hybridized carbons (Fsp3) is 0.250. The Morgan fingerprint density at radius 3 is 2.72 bits per heavy atom. The van der Waals surface area contributed by atoms with Crippen molar-refractivity contribution in [2.24, 2.45) is 0 Å². The lowest BCUT2D eigenvalue weighted by Crippen LogP contribution is -2.39. The number of fused-ring (bicyclic) bond motifs is 3. The van der Waals surface area contributed by atoms with Crippen molar-refractivity contribution in [2.75, 3.05) is 13.7 Å². The largest absolute Gasteiger partial charge is 0.497 e. The van der Waals surface area contributed by atoms with Gasteiger partial charge in [0.2, 0.25) is 5.88 Å². The molecular formula is C24H24N4O4. The molecule has 1 atom stereocenters. The number of nitrogens with one attached hydrogen (secondary N) is 3. The second kappa shape index (κ2) is 8.05. The van der Waals surface area contributed by atoms with Crippen molar-refractivity contribution in [2.45, 2.75) is 25.4 Å². The standard InChI is InChI=1S/C24H24N4O4/c1-32-15-7-8-18-17(13-15)16-9-11-25-21(20(16)26-18)19-22(29)27-24(31)28(23(19)30)12-10-14-5-3-2-4-6-14/h2-8,13,21,25-26,30H,9-12H2,1H3,(H,27,29,31). The molecule has 5 rings (SSSR count). The third-order valence-corrected chi connectivity index (χ3v) is 6.12. The van der Waals surface area contributed by atoms with Gasteiger partial charge in [-0.2, -0.15) is 0 Å². The fourth-order valence-electron chi connectivity index (χ4n) is 4.51. The van der Waals surface area contributed by atoms with Crippen molar-refractivity contribution in [3.8, 4) is 11.6 Å². The van der Waals surface area contributed by atoms with E-state index in [-0.39, 0.29) is 18.0 Å². The van der Waals surface area contributed by atoms with Crippen molar-refractivity contribution < 1.29 is 9.84 Å². The molecule has 1 aliphatic rings. The first-order chi connectivity index (χ1) is 15.6. The number of aromatic amines is 2.